The van der Waals surface area contributed by atoms with Gasteiger partial charge in [-0.1, -0.05) is 0 Å². The van der Waals surface area contributed by atoms with Crippen LogP contribution >= 0.6 is 0 Å². The summed E-state index contributed by atoms with van der Waals surface area (Å²) < 4.78 is 0. The molecule has 1 heterocycles. The Morgan fingerprint density at radius 2 is 2.00 bits per heavy atom. The van der Waals surface area contributed by atoms with E-state index in [0.717, 1.165) is 19.3 Å². The molecule has 20 heavy (non-hydrogen) atoms. The van der Waals surface area contributed by atoms with Gasteiger partial charge in [-0.3, -0.25) is 9.59 Å². The summed E-state index contributed by atoms with van der Waals surface area (Å²) in [6.07, 6.45) is 2.88. The summed E-state index contributed by atoms with van der Waals surface area (Å²) in [5.41, 5.74) is 1.26. The van der Waals surface area contributed by atoms with E-state index >= 15 is 0 Å². The molecule has 0 spiro atoms. The number of hydrogen-bond acceptors (Lipinski definition) is 3. The zero-order valence-corrected chi connectivity index (χ0v) is 11.6. The number of rotatable bonds is 3. The van der Waals surface area contributed by atoms with Crippen LogP contribution in [-0.2, 0) is 4.79 Å². The first-order valence-electron chi connectivity index (χ1n) is 6.91. The molecule has 1 fully saturated rings. The van der Waals surface area contributed by atoms with E-state index in [1.165, 1.54) is 6.92 Å². The second kappa shape index (κ2) is 6.52. The molecule has 1 aromatic rings. The van der Waals surface area contributed by atoms with Gasteiger partial charge in [-0.25, -0.2) is 0 Å². The average Bonchev–Trinajstić information content (AvgIpc) is 2.46. The summed E-state index contributed by atoms with van der Waals surface area (Å²) >= 11 is 0. The molecule has 1 atom stereocenters. The van der Waals surface area contributed by atoms with Gasteiger partial charge in [0.15, 0.2) is 0 Å². The quantitative estimate of drug-likeness (QED) is 0.881. The van der Waals surface area contributed by atoms with Crippen LogP contribution in [0.2, 0.25) is 0 Å². The molecule has 2 amide bonds. The average molecular weight is 276 g/mol. The predicted octanol–water partition coefficient (Wildman–Crippen LogP) is 1.63. The van der Waals surface area contributed by atoms with Gasteiger partial charge in [-0.15, -0.1) is 0 Å². The topological polar surface area (TPSA) is 69.6 Å². The van der Waals surface area contributed by atoms with Crippen molar-refractivity contribution >= 4 is 17.5 Å². The highest BCUT2D eigenvalue weighted by Crippen LogP contribution is 2.20. The van der Waals surface area contributed by atoms with Crippen LogP contribution < -0.4 is 5.32 Å². The third-order valence-electron chi connectivity index (χ3n) is 3.55. The van der Waals surface area contributed by atoms with Gasteiger partial charge in [0.2, 0.25) is 5.91 Å². The molecule has 2 rings (SSSR count). The van der Waals surface area contributed by atoms with E-state index in [9.17, 15) is 14.7 Å². The number of nitrogens with one attached hydrogen (secondary N) is 1. The lowest BCUT2D eigenvalue weighted by Crippen LogP contribution is -2.45. The number of hydrogen-bond donors (Lipinski definition) is 2. The first-order chi connectivity index (χ1) is 9.61. The third kappa shape index (κ3) is 3.36. The van der Waals surface area contributed by atoms with Crippen LogP contribution in [0.4, 0.5) is 5.69 Å². The lowest BCUT2D eigenvalue weighted by atomic mass is 10.0. The summed E-state index contributed by atoms with van der Waals surface area (Å²) in [5.74, 6) is -0.196. The van der Waals surface area contributed by atoms with E-state index in [4.69, 9.17) is 0 Å². The fraction of sp³-hybridized carbons (Fsp3) is 0.467. The van der Waals surface area contributed by atoms with Gasteiger partial charge < -0.3 is 15.3 Å². The van der Waals surface area contributed by atoms with E-state index in [1.54, 1.807) is 29.2 Å². The van der Waals surface area contributed by atoms with Gasteiger partial charge in [0.25, 0.3) is 5.91 Å². The van der Waals surface area contributed by atoms with E-state index < -0.39 is 0 Å². The Labute approximate surface area is 118 Å². The molecular formula is C15H20N2O3. The lowest BCUT2D eigenvalue weighted by molar-refractivity contribution is -0.114. The summed E-state index contributed by atoms with van der Waals surface area (Å²) in [4.78, 5) is 25.1. The third-order valence-corrected chi connectivity index (χ3v) is 3.55. The maximum atomic E-state index is 12.4. The van der Waals surface area contributed by atoms with Crippen LogP contribution in [0.1, 0.15) is 36.5 Å². The minimum atomic E-state index is -0.138. The maximum absolute atomic E-state index is 12.4. The highest BCUT2D eigenvalue weighted by molar-refractivity contribution is 5.95. The predicted molar refractivity (Wildman–Crippen MR) is 76.5 cm³/mol. The van der Waals surface area contributed by atoms with Crippen LogP contribution in [-0.4, -0.2) is 41.0 Å². The van der Waals surface area contributed by atoms with Crippen LogP contribution in [0, 0.1) is 0 Å². The van der Waals surface area contributed by atoms with Gasteiger partial charge in [0.05, 0.1) is 12.6 Å². The molecule has 0 saturated carbocycles. The maximum Gasteiger partial charge on any atom is 0.254 e. The molecule has 1 aliphatic rings. The first kappa shape index (κ1) is 14.5. The standard InChI is InChI=1S/C15H20N2O3/c1-11(19)16-13-7-5-12(6-8-13)15(20)17-9-3-2-4-14(17)10-18/h5-8,14,18H,2-4,9-10H2,1H3,(H,16,19). The Hall–Kier alpha value is -1.88. The molecule has 5 heteroatoms. The number of anilines is 1. The van der Waals surface area contributed by atoms with E-state index in [2.05, 4.69) is 5.32 Å². The number of carbonyl (C=O) groups excluding carboxylic acids is 2. The number of piperidine rings is 1. The van der Waals surface area contributed by atoms with Crippen molar-refractivity contribution in [1.29, 1.82) is 0 Å². The minimum Gasteiger partial charge on any atom is -0.394 e. The summed E-state index contributed by atoms with van der Waals surface area (Å²) in [5, 5.41) is 12.0. The van der Waals surface area contributed by atoms with Crippen molar-refractivity contribution < 1.29 is 14.7 Å². The molecular weight excluding hydrogens is 256 g/mol. The van der Waals surface area contributed by atoms with Crippen molar-refractivity contribution in [2.45, 2.75) is 32.2 Å². The number of amides is 2. The molecule has 0 bridgehead atoms. The minimum absolute atomic E-state index is 0.00964. The Kier molecular flexibility index (Phi) is 4.74. The summed E-state index contributed by atoms with van der Waals surface area (Å²) in [7, 11) is 0. The smallest absolute Gasteiger partial charge is 0.254 e. The highest BCUT2D eigenvalue weighted by Gasteiger charge is 2.26. The summed E-state index contributed by atoms with van der Waals surface area (Å²) in [6, 6.07) is 6.76. The van der Waals surface area contributed by atoms with Crippen molar-refractivity contribution in [2.24, 2.45) is 0 Å². The lowest BCUT2D eigenvalue weighted by Gasteiger charge is -2.34. The molecule has 108 valence electrons. The number of aliphatic hydroxyl groups excluding tert-OH is 1. The van der Waals surface area contributed by atoms with Crippen molar-refractivity contribution in [3.63, 3.8) is 0 Å². The second-order valence-electron chi connectivity index (χ2n) is 5.09. The number of carbonyl (C=O) groups is 2. The number of nitrogens with zero attached hydrogens (tertiary/aromatic N) is 1. The summed E-state index contributed by atoms with van der Waals surface area (Å²) in [6.45, 7) is 2.14. The molecule has 0 aliphatic carbocycles. The highest BCUT2D eigenvalue weighted by atomic mass is 16.3. The van der Waals surface area contributed by atoms with Crippen molar-refractivity contribution in [1.82, 2.24) is 4.90 Å². The monoisotopic (exact) mass is 276 g/mol. The first-order valence-corrected chi connectivity index (χ1v) is 6.91. The van der Waals surface area contributed by atoms with Gasteiger partial charge in [0, 0.05) is 24.7 Å². The number of likely N-dealkylation sites (tertiary alicyclic amines) is 1. The Morgan fingerprint density at radius 1 is 1.30 bits per heavy atom. The molecule has 5 nitrogen and oxygen atoms in total. The van der Waals surface area contributed by atoms with Crippen LogP contribution in [0.5, 0.6) is 0 Å². The van der Waals surface area contributed by atoms with Crippen LogP contribution in [0.25, 0.3) is 0 Å². The Bertz CT molecular complexity index is 484. The fourth-order valence-electron chi connectivity index (χ4n) is 2.52. The number of aliphatic hydroxyl groups is 1. The Morgan fingerprint density at radius 3 is 2.60 bits per heavy atom. The zero-order chi connectivity index (χ0) is 14.5. The van der Waals surface area contributed by atoms with Gasteiger partial charge in [-0.05, 0) is 43.5 Å². The van der Waals surface area contributed by atoms with Crippen LogP contribution in [0.15, 0.2) is 24.3 Å². The van der Waals surface area contributed by atoms with Gasteiger partial charge >= 0.3 is 0 Å². The molecule has 0 aromatic heterocycles. The van der Waals surface area contributed by atoms with Crippen molar-refractivity contribution in [3.8, 4) is 0 Å². The molecule has 1 aliphatic heterocycles. The molecule has 1 aromatic carbocycles. The largest absolute Gasteiger partial charge is 0.394 e. The molecule has 1 unspecified atom stereocenters. The van der Waals surface area contributed by atoms with Gasteiger partial charge in [-0.2, -0.15) is 0 Å². The normalized spacial score (nSPS) is 18.7. The second-order valence-corrected chi connectivity index (χ2v) is 5.09. The molecule has 2 N–H and O–H groups in total. The van der Waals surface area contributed by atoms with Gasteiger partial charge in [0.1, 0.15) is 0 Å². The molecule has 0 radical (unpaired) electrons. The van der Waals surface area contributed by atoms with E-state index in [0.29, 0.717) is 17.8 Å². The number of benzene rings is 1. The SMILES string of the molecule is CC(=O)Nc1ccc(C(=O)N2CCCCC2CO)cc1. The van der Waals surface area contributed by atoms with E-state index in [1.807, 2.05) is 0 Å². The Balaban J connectivity index is 2.09. The van der Waals surface area contributed by atoms with Crippen LogP contribution in [0.3, 0.4) is 0 Å². The zero-order valence-electron chi connectivity index (χ0n) is 11.6. The van der Waals surface area contributed by atoms with E-state index in [-0.39, 0.29) is 24.5 Å². The fourth-order valence-corrected chi connectivity index (χ4v) is 2.52. The van der Waals surface area contributed by atoms with Crippen molar-refractivity contribution in [2.75, 3.05) is 18.5 Å². The van der Waals surface area contributed by atoms with Crippen molar-refractivity contribution in [3.05, 3.63) is 29.8 Å². The molecule has 1 saturated heterocycles.